The number of aromatic hydroxyl groups is 3. The summed E-state index contributed by atoms with van der Waals surface area (Å²) < 4.78 is 0. The van der Waals surface area contributed by atoms with Gasteiger partial charge in [0.25, 0.3) is 0 Å². The van der Waals surface area contributed by atoms with Crippen LogP contribution < -0.4 is 0 Å². The first-order valence-electron chi connectivity index (χ1n) is 11.6. The van der Waals surface area contributed by atoms with Gasteiger partial charge in [0.05, 0.1) is 0 Å². The van der Waals surface area contributed by atoms with Gasteiger partial charge in [-0.3, -0.25) is 0 Å². The Morgan fingerprint density at radius 2 is 0.938 bits per heavy atom. The van der Waals surface area contributed by atoms with Crippen LogP contribution in [0.4, 0.5) is 0 Å². The minimum absolute atomic E-state index is 0.220. The van der Waals surface area contributed by atoms with Gasteiger partial charge in [0.2, 0.25) is 0 Å². The van der Waals surface area contributed by atoms with Crippen molar-refractivity contribution in [2.45, 2.75) is 72.1 Å². The number of hydrogen-bond donors (Lipinski definition) is 3. The zero-order chi connectivity index (χ0) is 23.6. The van der Waals surface area contributed by atoms with E-state index in [1.807, 2.05) is 48.5 Å². The highest BCUT2D eigenvalue weighted by atomic mass is 16.3. The normalized spacial score (nSPS) is 11.7. The molecule has 3 N–H and O–H groups in total. The molecular formula is C29H36O3. The molecule has 0 fully saturated rings. The lowest BCUT2D eigenvalue weighted by atomic mass is 9.89. The summed E-state index contributed by atoms with van der Waals surface area (Å²) in [5.74, 6) is 1.58. The SMILES string of the molecule is CC(C)c1cc(Cc2cccc(C(C)C)c2O)c(O)c(Cc2cccc(C(C)C)c2O)c1. The van der Waals surface area contributed by atoms with E-state index in [1.165, 1.54) is 0 Å². The third-order valence-electron chi connectivity index (χ3n) is 6.26. The molecule has 0 saturated carbocycles. The van der Waals surface area contributed by atoms with Gasteiger partial charge in [-0.2, -0.15) is 0 Å². The number of phenolic OH excluding ortho intramolecular Hbond substituents is 3. The van der Waals surface area contributed by atoms with E-state index in [1.54, 1.807) is 0 Å². The molecule has 0 aliphatic rings. The van der Waals surface area contributed by atoms with E-state index in [9.17, 15) is 15.3 Å². The van der Waals surface area contributed by atoms with Crippen LogP contribution in [0.3, 0.4) is 0 Å². The van der Waals surface area contributed by atoms with Gasteiger partial charge in [0, 0.05) is 12.8 Å². The van der Waals surface area contributed by atoms with Crippen LogP contribution in [-0.2, 0) is 12.8 Å². The molecule has 0 saturated heterocycles. The Kier molecular flexibility index (Phi) is 7.18. The topological polar surface area (TPSA) is 60.7 Å². The van der Waals surface area contributed by atoms with Crippen molar-refractivity contribution in [1.29, 1.82) is 0 Å². The van der Waals surface area contributed by atoms with Crippen LogP contribution in [0, 0.1) is 0 Å². The molecular weight excluding hydrogens is 396 g/mol. The van der Waals surface area contributed by atoms with Crippen molar-refractivity contribution < 1.29 is 15.3 Å². The molecule has 170 valence electrons. The van der Waals surface area contributed by atoms with Gasteiger partial charge in [-0.25, -0.2) is 0 Å². The van der Waals surface area contributed by atoms with E-state index < -0.39 is 0 Å². The highest BCUT2D eigenvalue weighted by Crippen LogP contribution is 2.37. The first-order valence-corrected chi connectivity index (χ1v) is 11.6. The predicted octanol–water partition coefficient (Wildman–Crippen LogP) is 7.36. The molecule has 0 spiro atoms. The third kappa shape index (κ3) is 4.93. The maximum Gasteiger partial charge on any atom is 0.122 e. The summed E-state index contributed by atoms with van der Waals surface area (Å²) in [4.78, 5) is 0. The minimum Gasteiger partial charge on any atom is -0.507 e. The Morgan fingerprint density at radius 1 is 0.531 bits per heavy atom. The highest BCUT2D eigenvalue weighted by Gasteiger charge is 2.18. The lowest BCUT2D eigenvalue weighted by Gasteiger charge is -2.18. The standard InChI is InChI=1S/C29H36O3/c1-17(2)22-15-23(13-20-9-7-11-25(18(3)4)28(20)31)27(30)24(16-22)14-21-10-8-12-26(19(5)6)29(21)32/h7-12,15-19,30-32H,13-14H2,1-6H3. The Bertz CT molecular complexity index is 1010. The number of phenols is 3. The van der Waals surface area contributed by atoms with Crippen molar-refractivity contribution in [3.05, 3.63) is 87.5 Å². The van der Waals surface area contributed by atoms with Gasteiger partial charge in [0.15, 0.2) is 0 Å². The lowest BCUT2D eigenvalue weighted by Crippen LogP contribution is -2.01. The third-order valence-corrected chi connectivity index (χ3v) is 6.26. The number of hydrogen-bond acceptors (Lipinski definition) is 3. The molecule has 0 aliphatic heterocycles. The van der Waals surface area contributed by atoms with Crippen LogP contribution in [0.15, 0.2) is 48.5 Å². The van der Waals surface area contributed by atoms with Crippen LogP contribution in [0.2, 0.25) is 0 Å². The molecule has 0 heterocycles. The maximum absolute atomic E-state index is 11.2. The smallest absolute Gasteiger partial charge is 0.122 e. The summed E-state index contributed by atoms with van der Waals surface area (Å²) in [6, 6.07) is 15.7. The van der Waals surface area contributed by atoms with Crippen molar-refractivity contribution in [3.8, 4) is 17.2 Å². The quantitative estimate of drug-likeness (QED) is 0.366. The summed E-state index contributed by atoms with van der Waals surface area (Å²) in [6.45, 7) is 12.5. The van der Waals surface area contributed by atoms with Crippen molar-refractivity contribution in [2.75, 3.05) is 0 Å². The van der Waals surface area contributed by atoms with Crippen LogP contribution in [0.25, 0.3) is 0 Å². The molecule has 3 rings (SSSR count). The fourth-order valence-corrected chi connectivity index (χ4v) is 4.24. The first kappa shape index (κ1) is 23.7. The van der Waals surface area contributed by atoms with E-state index in [0.717, 1.165) is 38.9 Å². The fourth-order valence-electron chi connectivity index (χ4n) is 4.24. The molecule has 3 nitrogen and oxygen atoms in total. The second kappa shape index (κ2) is 9.68. The monoisotopic (exact) mass is 432 g/mol. The van der Waals surface area contributed by atoms with Crippen LogP contribution in [0.5, 0.6) is 17.2 Å². The second-order valence-corrected chi connectivity index (χ2v) is 9.72. The van der Waals surface area contributed by atoms with Gasteiger partial charge < -0.3 is 15.3 Å². The summed E-state index contributed by atoms with van der Waals surface area (Å²) >= 11 is 0. The lowest BCUT2D eigenvalue weighted by molar-refractivity contribution is 0.451. The van der Waals surface area contributed by atoms with Crippen LogP contribution in [0.1, 0.15) is 98.2 Å². The Labute approximate surface area is 192 Å². The molecule has 0 atom stereocenters. The molecule has 3 heteroatoms. The molecule has 0 aliphatic carbocycles. The summed E-state index contributed by atoms with van der Waals surface area (Å²) in [5.41, 5.74) is 6.16. The number of rotatable bonds is 7. The van der Waals surface area contributed by atoms with Crippen molar-refractivity contribution in [3.63, 3.8) is 0 Å². The van der Waals surface area contributed by atoms with E-state index in [-0.39, 0.29) is 17.6 Å². The molecule has 0 unspecified atom stereocenters. The molecule has 3 aromatic rings. The average molecular weight is 433 g/mol. The maximum atomic E-state index is 11.2. The van der Waals surface area contributed by atoms with E-state index in [2.05, 4.69) is 41.5 Å². The largest absolute Gasteiger partial charge is 0.507 e. The number of para-hydroxylation sites is 2. The molecule has 3 aromatic carbocycles. The summed E-state index contributed by atoms with van der Waals surface area (Å²) in [5, 5.41) is 32.8. The summed E-state index contributed by atoms with van der Waals surface area (Å²) in [6.07, 6.45) is 0.896. The van der Waals surface area contributed by atoms with Gasteiger partial charge in [0.1, 0.15) is 17.2 Å². The zero-order valence-corrected chi connectivity index (χ0v) is 20.1. The average Bonchev–Trinajstić information content (AvgIpc) is 2.72. The van der Waals surface area contributed by atoms with Crippen LogP contribution >= 0.6 is 0 Å². The van der Waals surface area contributed by atoms with Gasteiger partial charge in [-0.05, 0) is 56.7 Å². The van der Waals surface area contributed by atoms with Crippen molar-refractivity contribution >= 4 is 0 Å². The minimum atomic E-state index is 0.220. The number of benzene rings is 3. The predicted molar refractivity (Wildman–Crippen MR) is 132 cm³/mol. The molecule has 0 aromatic heterocycles. The van der Waals surface area contributed by atoms with E-state index in [4.69, 9.17) is 0 Å². The molecule has 32 heavy (non-hydrogen) atoms. The van der Waals surface area contributed by atoms with E-state index in [0.29, 0.717) is 30.3 Å². The van der Waals surface area contributed by atoms with E-state index >= 15 is 0 Å². The Balaban J connectivity index is 2.06. The Morgan fingerprint density at radius 3 is 1.28 bits per heavy atom. The zero-order valence-electron chi connectivity index (χ0n) is 20.1. The Hall–Kier alpha value is -2.94. The van der Waals surface area contributed by atoms with Gasteiger partial charge >= 0.3 is 0 Å². The van der Waals surface area contributed by atoms with Gasteiger partial charge in [-0.1, -0.05) is 90.1 Å². The summed E-state index contributed by atoms with van der Waals surface area (Å²) in [7, 11) is 0. The molecule has 0 radical (unpaired) electrons. The first-order chi connectivity index (χ1) is 15.1. The fraction of sp³-hybridized carbons (Fsp3) is 0.379. The van der Waals surface area contributed by atoms with Crippen LogP contribution in [-0.4, -0.2) is 15.3 Å². The van der Waals surface area contributed by atoms with Gasteiger partial charge in [-0.15, -0.1) is 0 Å². The molecule has 0 bridgehead atoms. The van der Waals surface area contributed by atoms with Crippen molar-refractivity contribution in [2.24, 2.45) is 0 Å². The van der Waals surface area contributed by atoms with Crippen molar-refractivity contribution in [1.82, 2.24) is 0 Å². The second-order valence-electron chi connectivity index (χ2n) is 9.72. The highest BCUT2D eigenvalue weighted by molar-refractivity contribution is 5.53. The molecule has 0 amide bonds.